The zero-order valence-corrected chi connectivity index (χ0v) is 15.3. The first-order valence-corrected chi connectivity index (χ1v) is 8.76. The van der Waals surface area contributed by atoms with Gasteiger partial charge in [-0.3, -0.25) is 24.6 Å². The van der Waals surface area contributed by atoms with Crippen molar-refractivity contribution in [2.45, 2.75) is 6.92 Å². The van der Waals surface area contributed by atoms with Crippen LogP contribution in [0.4, 0.5) is 5.69 Å². The van der Waals surface area contributed by atoms with E-state index < -0.39 is 4.92 Å². The number of nitrogens with zero attached hydrogens (tertiary/aromatic N) is 3. The minimum absolute atomic E-state index is 0.0863. The monoisotopic (exact) mass is 376 g/mol. The van der Waals surface area contributed by atoms with E-state index in [1.807, 2.05) is 4.90 Å². The van der Waals surface area contributed by atoms with E-state index in [1.165, 1.54) is 18.2 Å². The predicted octanol–water partition coefficient (Wildman–Crippen LogP) is 1.05. The summed E-state index contributed by atoms with van der Waals surface area (Å²) in [5.74, 6) is -0.205. The van der Waals surface area contributed by atoms with E-state index in [0.717, 1.165) is 0 Å². The number of nitro groups is 1. The van der Waals surface area contributed by atoms with Gasteiger partial charge in [-0.15, -0.1) is 6.58 Å². The molecule has 0 aromatic heterocycles. The van der Waals surface area contributed by atoms with Crippen LogP contribution >= 0.6 is 0 Å². The topological polar surface area (TPSA) is 105 Å². The molecule has 146 valence electrons. The van der Waals surface area contributed by atoms with Crippen LogP contribution < -0.4 is 10.1 Å². The Hall–Kier alpha value is -2.94. The Morgan fingerprint density at radius 3 is 2.63 bits per heavy atom. The Labute approximate surface area is 157 Å². The first-order chi connectivity index (χ1) is 13.0. The van der Waals surface area contributed by atoms with Gasteiger partial charge in [0.15, 0.2) is 5.75 Å². The van der Waals surface area contributed by atoms with Gasteiger partial charge >= 0.3 is 5.69 Å². The van der Waals surface area contributed by atoms with Crippen LogP contribution in [-0.4, -0.2) is 72.4 Å². The van der Waals surface area contributed by atoms with Crippen molar-refractivity contribution in [1.29, 1.82) is 0 Å². The second kappa shape index (κ2) is 9.67. The van der Waals surface area contributed by atoms with E-state index in [9.17, 15) is 19.7 Å². The van der Waals surface area contributed by atoms with Crippen LogP contribution in [0.15, 0.2) is 30.9 Å². The Kier molecular flexibility index (Phi) is 7.30. The molecule has 1 heterocycles. The minimum Gasteiger partial charge on any atom is -0.487 e. The molecule has 0 aliphatic carbocycles. The highest BCUT2D eigenvalue weighted by atomic mass is 16.6. The summed E-state index contributed by atoms with van der Waals surface area (Å²) in [5.41, 5.74) is 0.0301. The van der Waals surface area contributed by atoms with Gasteiger partial charge in [-0.25, -0.2) is 0 Å². The lowest BCUT2D eigenvalue weighted by molar-refractivity contribution is -0.385. The molecule has 9 nitrogen and oxygen atoms in total. The number of nitrogens with one attached hydrogen (secondary N) is 1. The van der Waals surface area contributed by atoms with Gasteiger partial charge in [0.05, 0.1) is 18.1 Å². The van der Waals surface area contributed by atoms with Gasteiger partial charge < -0.3 is 15.0 Å². The third-order valence-electron chi connectivity index (χ3n) is 4.17. The quantitative estimate of drug-likeness (QED) is 0.413. The minimum atomic E-state index is -0.554. The van der Waals surface area contributed by atoms with E-state index in [-0.39, 0.29) is 35.4 Å². The Morgan fingerprint density at radius 1 is 1.33 bits per heavy atom. The molecule has 2 rings (SSSR count). The summed E-state index contributed by atoms with van der Waals surface area (Å²) in [4.78, 5) is 38.7. The standard InChI is InChI=1S/C18H24N4O5/c1-3-7-19-17(23)13-20-8-10-21(11-9-20)18(24)14-5-6-16(27-4-2)15(12-14)22(25)26/h3,5-6,12H,1,4,7-11,13H2,2H3,(H,19,23). The number of hydrogen-bond donors (Lipinski definition) is 1. The lowest BCUT2D eigenvalue weighted by Crippen LogP contribution is -2.51. The van der Waals surface area contributed by atoms with Crippen molar-refractivity contribution in [2.24, 2.45) is 0 Å². The molecule has 1 saturated heterocycles. The number of piperazine rings is 1. The molecule has 1 N–H and O–H groups in total. The van der Waals surface area contributed by atoms with Crippen LogP contribution in [-0.2, 0) is 4.79 Å². The zero-order chi connectivity index (χ0) is 19.8. The summed E-state index contributed by atoms with van der Waals surface area (Å²) in [6.07, 6.45) is 1.62. The molecule has 27 heavy (non-hydrogen) atoms. The highest BCUT2D eigenvalue weighted by Gasteiger charge is 2.25. The van der Waals surface area contributed by atoms with E-state index in [0.29, 0.717) is 39.3 Å². The predicted molar refractivity (Wildman–Crippen MR) is 99.8 cm³/mol. The van der Waals surface area contributed by atoms with Crippen LogP contribution in [0.1, 0.15) is 17.3 Å². The summed E-state index contributed by atoms with van der Waals surface area (Å²) in [6.45, 7) is 8.31. The second-order valence-electron chi connectivity index (χ2n) is 6.03. The number of carbonyl (C=O) groups excluding carboxylic acids is 2. The smallest absolute Gasteiger partial charge is 0.311 e. The second-order valence-corrected chi connectivity index (χ2v) is 6.03. The first kappa shape index (κ1) is 20.4. The highest BCUT2D eigenvalue weighted by molar-refractivity contribution is 5.95. The van der Waals surface area contributed by atoms with Crippen molar-refractivity contribution in [2.75, 3.05) is 45.9 Å². The van der Waals surface area contributed by atoms with Crippen LogP contribution in [0.2, 0.25) is 0 Å². The van der Waals surface area contributed by atoms with Crippen molar-refractivity contribution in [1.82, 2.24) is 15.1 Å². The van der Waals surface area contributed by atoms with Crippen LogP contribution in [0.5, 0.6) is 5.75 Å². The summed E-state index contributed by atoms with van der Waals surface area (Å²) >= 11 is 0. The molecule has 0 saturated carbocycles. The molecule has 0 unspecified atom stereocenters. The first-order valence-electron chi connectivity index (χ1n) is 8.76. The van der Waals surface area contributed by atoms with Crippen molar-refractivity contribution < 1.29 is 19.2 Å². The van der Waals surface area contributed by atoms with Gasteiger partial charge in [0, 0.05) is 44.4 Å². The number of amides is 2. The Morgan fingerprint density at radius 2 is 2.04 bits per heavy atom. The molecule has 2 amide bonds. The number of nitro benzene ring substituents is 1. The maximum atomic E-state index is 12.7. The number of ether oxygens (including phenoxy) is 1. The maximum Gasteiger partial charge on any atom is 0.311 e. The highest BCUT2D eigenvalue weighted by Crippen LogP contribution is 2.28. The van der Waals surface area contributed by atoms with Gasteiger partial charge in [0.25, 0.3) is 5.91 Å². The summed E-state index contributed by atoms with van der Waals surface area (Å²) in [6, 6.07) is 4.24. The third kappa shape index (κ3) is 5.52. The van der Waals surface area contributed by atoms with E-state index in [4.69, 9.17) is 4.74 Å². The number of rotatable bonds is 8. The van der Waals surface area contributed by atoms with Crippen LogP contribution in [0, 0.1) is 10.1 Å². The summed E-state index contributed by atoms with van der Waals surface area (Å²) in [5, 5.41) is 13.9. The van der Waals surface area contributed by atoms with Gasteiger partial charge in [-0.2, -0.15) is 0 Å². The van der Waals surface area contributed by atoms with E-state index >= 15 is 0 Å². The Bertz CT molecular complexity index is 714. The molecule has 1 aromatic carbocycles. The molecule has 0 atom stereocenters. The van der Waals surface area contributed by atoms with Crippen molar-refractivity contribution >= 4 is 17.5 Å². The fourth-order valence-corrected chi connectivity index (χ4v) is 2.81. The zero-order valence-electron chi connectivity index (χ0n) is 15.3. The fraction of sp³-hybridized carbons (Fsp3) is 0.444. The average Bonchev–Trinajstić information content (AvgIpc) is 2.67. The van der Waals surface area contributed by atoms with Crippen LogP contribution in [0.3, 0.4) is 0 Å². The maximum absolute atomic E-state index is 12.7. The molecule has 1 fully saturated rings. The molecule has 9 heteroatoms. The molecule has 0 radical (unpaired) electrons. The molecular formula is C18H24N4O5. The van der Waals surface area contributed by atoms with Gasteiger partial charge in [-0.1, -0.05) is 6.08 Å². The SMILES string of the molecule is C=CCNC(=O)CN1CCN(C(=O)c2ccc(OCC)c([N+](=O)[O-])c2)CC1. The summed E-state index contributed by atoms with van der Waals surface area (Å²) in [7, 11) is 0. The van der Waals surface area contributed by atoms with E-state index in [2.05, 4.69) is 11.9 Å². The lowest BCUT2D eigenvalue weighted by Gasteiger charge is -2.34. The molecular weight excluding hydrogens is 352 g/mol. The fourth-order valence-electron chi connectivity index (χ4n) is 2.81. The number of benzene rings is 1. The van der Waals surface area contributed by atoms with E-state index in [1.54, 1.807) is 17.9 Å². The molecule has 1 aromatic rings. The number of hydrogen-bond acceptors (Lipinski definition) is 6. The molecule has 0 spiro atoms. The summed E-state index contributed by atoms with van der Waals surface area (Å²) < 4.78 is 5.24. The van der Waals surface area contributed by atoms with Crippen molar-refractivity contribution in [3.63, 3.8) is 0 Å². The Balaban J connectivity index is 1.97. The van der Waals surface area contributed by atoms with Gasteiger partial charge in [0.1, 0.15) is 0 Å². The third-order valence-corrected chi connectivity index (χ3v) is 4.17. The van der Waals surface area contributed by atoms with Crippen molar-refractivity contribution in [3.05, 3.63) is 46.5 Å². The average molecular weight is 376 g/mol. The van der Waals surface area contributed by atoms with Gasteiger partial charge in [0.2, 0.25) is 5.91 Å². The molecule has 1 aliphatic heterocycles. The molecule has 1 aliphatic rings. The number of carbonyl (C=O) groups is 2. The largest absolute Gasteiger partial charge is 0.487 e. The lowest BCUT2D eigenvalue weighted by atomic mass is 10.1. The normalized spacial score (nSPS) is 14.5. The van der Waals surface area contributed by atoms with Crippen molar-refractivity contribution in [3.8, 4) is 5.75 Å². The molecule has 0 bridgehead atoms. The van der Waals surface area contributed by atoms with Crippen LogP contribution in [0.25, 0.3) is 0 Å². The van der Waals surface area contributed by atoms with Gasteiger partial charge in [-0.05, 0) is 19.1 Å².